The number of nitro benzene ring substituents is 1. The molecule has 28 heavy (non-hydrogen) atoms. The van der Waals surface area contributed by atoms with Gasteiger partial charge in [0.05, 0.1) is 18.5 Å². The highest BCUT2D eigenvalue weighted by atomic mass is 16.6. The molecule has 0 unspecified atom stereocenters. The number of methoxy groups -OCH3 is 1. The van der Waals surface area contributed by atoms with Crippen molar-refractivity contribution in [2.24, 2.45) is 5.10 Å². The molecule has 0 aliphatic rings. The van der Waals surface area contributed by atoms with Gasteiger partial charge in [0.15, 0.2) is 0 Å². The van der Waals surface area contributed by atoms with Gasteiger partial charge in [-0.25, -0.2) is 5.43 Å². The third kappa shape index (κ3) is 6.20. The summed E-state index contributed by atoms with van der Waals surface area (Å²) in [6.45, 7) is 1.98. The number of benzene rings is 2. The van der Waals surface area contributed by atoms with Crippen molar-refractivity contribution in [1.29, 1.82) is 0 Å². The number of hydrogen-bond acceptors (Lipinski definition) is 6. The van der Waals surface area contributed by atoms with Crippen LogP contribution in [0.2, 0.25) is 0 Å². The largest absolute Gasteiger partial charge is 0.497 e. The van der Waals surface area contributed by atoms with Crippen LogP contribution in [0.4, 0.5) is 5.69 Å². The molecule has 2 aromatic rings. The number of hydrazone groups is 1. The molecule has 0 aromatic heterocycles. The summed E-state index contributed by atoms with van der Waals surface area (Å²) < 4.78 is 5.07. The highest BCUT2D eigenvalue weighted by Crippen LogP contribution is 2.12. The summed E-state index contributed by atoms with van der Waals surface area (Å²) in [6.07, 6.45) is 0.0245. The Hall–Kier alpha value is -3.75. The molecule has 0 spiro atoms. The van der Waals surface area contributed by atoms with E-state index in [0.717, 1.165) is 11.3 Å². The maximum absolute atomic E-state index is 12.0. The van der Waals surface area contributed by atoms with Crippen LogP contribution in [0.3, 0.4) is 0 Å². The zero-order valence-corrected chi connectivity index (χ0v) is 15.5. The summed E-state index contributed by atoms with van der Waals surface area (Å²) in [5, 5.41) is 17.3. The van der Waals surface area contributed by atoms with E-state index in [4.69, 9.17) is 4.74 Å². The fourth-order valence-corrected chi connectivity index (χ4v) is 2.22. The van der Waals surface area contributed by atoms with Gasteiger partial charge in [0.2, 0.25) is 5.91 Å². The molecule has 0 aliphatic heterocycles. The first-order valence-corrected chi connectivity index (χ1v) is 8.36. The number of nitro groups is 1. The van der Waals surface area contributed by atoms with Crippen LogP contribution in [-0.4, -0.2) is 29.6 Å². The minimum atomic E-state index is -0.547. The average molecular weight is 384 g/mol. The average Bonchev–Trinajstić information content (AvgIpc) is 2.71. The second-order valence-corrected chi connectivity index (χ2v) is 5.89. The van der Waals surface area contributed by atoms with Crippen molar-refractivity contribution < 1.29 is 19.2 Å². The third-order valence-corrected chi connectivity index (χ3v) is 3.75. The number of amides is 2. The Morgan fingerprint density at radius 2 is 1.75 bits per heavy atom. The second kappa shape index (κ2) is 9.81. The first kappa shape index (κ1) is 20.6. The van der Waals surface area contributed by atoms with Crippen molar-refractivity contribution in [2.45, 2.75) is 19.9 Å². The Morgan fingerprint density at radius 3 is 2.32 bits per heavy atom. The van der Waals surface area contributed by atoms with Crippen molar-refractivity contribution in [3.8, 4) is 5.75 Å². The molecule has 2 aromatic carbocycles. The van der Waals surface area contributed by atoms with Crippen molar-refractivity contribution in [2.75, 3.05) is 7.11 Å². The molecule has 2 amide bonds. The van der Waals surface area contributed by atoms with Gasteiger partial charge >= 0.3 is 0 Å². The summed E-state index contributed by atoms with van der Waals surface area (Å²) in [4.78, 5) is 34.0. The van der Waals surface area contributed by atoms with Crippen LogP contribution >= 0.6 is 0 Å². The number of rotatable bonds is 8. The number of nitrogens with zero attached hydrogens (tertiary/aromatic N) is 2. The lowest BCUT2D eigenvalue weighted by Gasteiger charge is -2.07. The lowest BCUT2D eigenvalue weighted by molar-refractivity contribution is -0.384. The normalized spacial score (nSPS) is 10.9. The first-order chi connectivity index (χ1) is 13.4. The minimum Gasteiger partial charge on any atom is -0.497 e. The van der Waals surface area contributed by atoms with E-state index in [-0.39, 0.29) is 23.6 Å². The summed E-state index contributed by atoms with van der Waals surface area (Å²) >= 11 is 0. The second-order valence-electron chi connectivity index (χ2n) is 5.89. The lowest BCUT2D eigenvalue weighted by Crippen LogP contribution is -2.26. The van der Waals surface area contributed by atoms with Crippen molar-refractivity contribution >= 4 is 23.2 Å². The molecule has 0 saturated heterocycles. The summed E-state index contributed by atoms with van der Waals surface area (Å²) in [5.74, 6) is -0.0173. The number of carbonyl (C=O) groups is 2. The van der Waals surface area contributed by atoms with E-state index in [1.807, 2.05) is 24.3 Å². The molecule has 2 rings (SSSR count). The smallest absolute Gasteiger partial charge is 0.271 e. The molecular weight excluding hydrogens is 364 g/mol. The highest BCUT2D eigenvalue weighted by molar-refractivity contribution is 6.01. The van der Waals surface area contributed by atoms with Crippen molar-refractivity contribution in [3.63, 3.8) is 0 Å². The topological polar surface area (TPSA) is 123 Å². The number of non-ortho nitro benzene ring substituents is 1. The molecule has 0 fully saturated rings. The Bertz CT molecular complexity index is 876. The number of nitrogens with one attached hydrogen (secondary N) is 2. The Kier molecular flexibility index (Phi) is 7.21. The molecule has 9 nitrogen and oxygen atoms in total. The molecule has 0 radical (unpaired) electrons. The van der Waals surface area contributed by atoms with Crippen LogP contribution < -0.4 is 15.5 Å². The van der Waals surface area contributed by atoms with Crippen molar-refractivity contribution in [3.05, 3.63) is 69.8 Å². The predicted molar refractivity (Wildman–Crippen MR) is 103 cm³/mol. The molecule has 0 bridgehead atoms. The first-order valence-electron chi connectivity index (χ1n) is 8.36. The molecule has 0 heterocycles. The molecular formula is C19H20N4O5. The van der Waals surface area contributed by atoms with Crippen LogP contribution in [0.15, 0.2) is 53.6 Å². The zero-order valence-electron chi connectivity index (χ0n) is 15.5. The summed E-state index contributed by atoms with van der Waals surface area (Å²) in [6, 6.07) is 12.5. The predicted octanol–water partition coefficient (Wildman–Crippen LogP) is 2.42. The summed E-state index contributed by atoms with van der Waals surface area (Å²) in [5.41, 5.74) is 3.79. The van der Waals surface area contributed by atoms with Gasteiger partial charge < -0.3 is 10.1 Å². The van der Waals surface area contributed by atoms with Gasteiger partial charge in [-0.15, -0.1) is 0 Å². The number of ether oxygens (including phenoxy) is 1. The van der Waals surface area contributed by atoms with Crippen LogP contribution in [0.5, 0.6) is 5.75 Å². The van der Waals surface area contributed by atoms with Gasteiger partial charge in [-0.2, -0.15) is 5.10 Å². The van der Waals surface area contributed by atoms with Gasteiger partial charge in [0, 0.05) is 30.0 Å². The van der Waals surface area contributed by atoms with E-state index in [1.54, 1.807) is 14.0 Å². The van der Waals surface area contributed by atoms with Crippen molar-refractivity contribution in [1.82, 2.24) is 10.7 Å². The SMILES string of the molecule is COc1ccc(CNC(=O)C/C(C)=N\NC(=O)c2ccc([N+](=O)[O-])cc2)cc1. The van der Waals surface area contributed by atoms with E-state index >= 15 is 0 Å². The van der Waals surface area contributed by atoms with Gasteiger partial charge in [-0.1, -0.05) is 12.1 Å². The zero-order chi connectivity index (χ0) is 20.5. The fraction of sp³-hybridized carbons (Fsp3) is 0.211. The van der Waals surface area contributed by atoms with Gasteiger partial charge in [0.25, 0.3) is 11.6 Å². The van der Waals surface area contributed by atoms with E-state index in [2.05, 4.69) is 15.8 Å². The van der Waals surface area contributed by atoms with E-state index < -0.39 is 10.8 Å². The minimum absolute atomic E-state index is 0.0245. The van der Waals surface area contributed by atoms with Crippen LogP contribution in [0, 0.1) is 10.1 Å². The monoisotopic (exact) mass is 384 g/mol. The lowest BCUT2D eigenvalue weighted by atomic mass is 10.2. The van der Waals surface area contributed by atoms with Gasteiger partial charge in [-0.05, 0) is 36.8 Å². The standard InChI is InChI=1S/C19H20N4O5/c1-13(11-18(24)20-12-14-3-9-17(28-2)10-4-14)21-22-19(25)15-5-7-16(8-6-15)23(26)27/h3-10H,11-12H2,1-2H3,(H,20,24)(H,22,25)/b21-13-. The molecule has 146 valence electrons. The van der Waals surface area contributed by atoms with E-state index in [9.17, 15) is 19.7 Å². The molecule has 0 atom stereocenters. The Balaban J connectivity index is 1.81. The fourth-order valence-electron chi connectivity index (χ4n) is 2.22. The highest BCUT2D eigenvalue weighted by Gasteiger charge is 2.09. The van der Waals surface area contributed by atoms with E-state index in [1.165, 1.54) is 24.3 Å². The van der Waals surface area contributed by atoms with E-state index in [0.29, 0.717) is 12.3 Å². The summed E-state index contributed by atoms with van der Waals surface area (Å²) in [7, 11) is 1.58. The maximum Gasteiger partial charge on any atom is 0.271 e. The quantitative estimate of drug-likeness (QED) is 0.411. The maximum atomic E-state index is 12.0. The molecule has 2 N–H and O–H groups in total. The Morgan fingerprint density at radius 1 is 1.11 bits per heavy atom. The number of hydrogen-bond donors (Lipinski definition) is 2. The molecule has 0 aliphatic carbocycles. The van der Waals surface area contributed by atoms with Crippen LogP contribution in [-0.2, 0) is 11.3 Å². The van der Waals surface area contributed by atoms with Gasteiger partial charge in [-0.3, -0.25) is 19.7 Å². The van der Waals surface area contributed by atoms with Crippen LogP contribution in [0.1, 0.15) is 29.3 Å². The van der Waals surface area contributed by atoms with Crippen LogP contribution in [0.25, 0.3) is 0 Å². The van der Waals surface area contributed by atoms with Gasteiger partial charge in [0.1, 0.15) is 5.75 Å². The molecule has 9 heteroatoms. The Labute approximate surface area is 161 Å². The third-order valence-electron chi connectivity index (χ3n) is 3.75. The number of carbonyl (C=O) groups excluding carboxylic acids is 2. The molecule has 0 saturated carbocycles.